The minimum Gasteiger partial charge on any atom is -0.249 e. The zero-order valence-corrected chi connectivity index (χ0v) is 12.4. The number of aromatic nitrogens is 3. The summed E-state index contributed by atoms with van der Waals surface area (Å²) in [5.41, 5.74) is 2.64. The lowest BCUT2D eigenvalue weighted by Crippen LogP contribution is -2.07. The fraction of sp³-hybridized carbons (Fsp3) is 0.867. The zero-order chi connectivity index (χ0) is 13.2. The van der Waals surface area contributed by atoms with Gasteiger partial charge in [0.15, 0.2) is 0 Å². The van der Waals surface area contributed by atoms with Gasteiger partial charge in [-0.2, -0.15) is 0 Å². The van der Waals surface area contributed by atoms with Gasteiger partial charge in [0.2, 0.25) is 0 Å². The third-order valence-corrected chi connectivity index (χ3v) is 3.40. The van der Waals surface area contributed by atoms with Crippen molar-refractivity contribution in [3.63, 3.8) is 0 Å². The molecule has 0 atom stereocenters. The highest BCUT2D eigenvalue weighted by Crippen LogP contribution is 2.13. The van der Waals surface area contributed by atoms with Gasteiger partial charge in [-0.15, -0.1) is 5.10 Å². The maximum atomic E-state index is 4.37. The van der Waals surface area contributed by atoms with Crippen molar-refractivity contribution in [1.82, 2.24) is 15.0 Å². The maximum Gasteiger partial charge on any atom is 0.0859 e. The highest BCUT2D eigenvalue weighted by atomic mass is 15.4. The average Bonchev–Trinajstić information content (AvgIpc) is 2.75. The van der Waals surface area contributed by atoms with Crippen LogP contribution in [-0.4, -0.2) is 15.0 Å². The van der Waals surface area contributed by atoms with E-state index in [-0.39, 0.29) is 0 Å². The van der Waals surface area contributed by atoms with E-state index in [1.54, 1.807) is 0 Å². The zero-order valence-electron chi connectivity index (χ0n) is 12.4. The number of hydrogen-bond donors (Lipinski definition) is 0. The standard InChI is InChI=1S/C15H29N3/c1-4-7-9-10-13-18-15(12-8-5-2)14(11-6-3)16-17-18/h4-13H2,1-3H3. The molecule has 3 nitrogen and oxygen atoms in total. The molecule has 0 aliphatic heterocycles. The van der Waals surface area contributed by atoms with Crippen LogP contribution in [0.2, 0.25) is 0 Å². The van der Waals surface area contributed by atoms with E-state index in [0.717, 1.165) is 25.8 Å². The summed E-state index contributed by atoms with van der Waals surface area (Å²) in [6.07, 6.45) is 11.1. The normalized spacial score (nSPS) is 11.1. The Morgan fingerprint density at radius 1 is 0.833 bits per heavy atom. The smallest absolute Gasteiger partial charge is 0.0859 e. The van der Waals surface area contributed by atoms with E-state index >= 15 is 0 Å². The Morgan fingerprint density at radius 2 is 1.61 bits per heavy atom. The van der Waals surface area contributed by atoms with Crippen molar-refractivity contribution in [2.45, 2.75) is 85.1 Å². The van der Waals surface area contributed by atoms with Crippen LogP contribution in [0.25, 0.3) is 0 Å². The quantitative estimate of drug-likeness (QED) is 0.585. The molecule has 0 amide bonds. The molecule has 0 saturated heterocycles. The summed E-state index contributed by atoms with van der Waals surface area (Å²) in [5.74, 6) is 0. The number of hydrogen-bond acceptors (Lipinski definition) is 2. The monoisotopic (exact) mass is 251 g/mol. The Morgan fingerprint density at radius 3 is 2.28 bits per heavy atom. The second-order valence-electron chi connectivity index (χ2n) is 5.12. The van der Waals surface area contributed by atoms with Crippen molar-refractivity contribution in [1.29, 1.82) is 0 Å². The van der Waals surface area contributed by atoms with Crippen LogP contribution < -0.4 is 0 Å². The van der Waals surface area contributed by atoms with E-state index in [1.165, 1.54) is 49.9 Å². The van der Waals surface area contributed by atoms with Gasteiger partial charge in [0.1, 0.15) is 0 Å². The number of nitrogens with zero attached hydrogens (tertiary/aromatic N) is 3. The molecule has 0 aliphatic carbocycles. The van der Waals surface area contributed by atoms with Crippen LogP contribution in [0, 0.1) is 0 Å². The molecule has 1 aromatic heterocycles. The highest BCUT2D eigenvalue weighted by Gasteiger charge is 2.11. The molecule has 0 spiro atoms. The molecule has 0 unspecified atom stereocenters. The summed E-state index contributed by atoms with van der Waals surface area (Å²) in [5, 5.41) is 8.72. The van der Waals surface area contributed by atoms with Gasteiger partial charge in [0.25, 0.3) is 0 Å². The molecule has 0 saturated carbocycles. The SMILES string of the molecule is CCCCCCn1nnc(CCC)c1CCCC. The van der Waals surface area contributed by atoms with Gasteiger partial charge in [-0.1, -0.05) is 58.1 Å². The van der Waals surface area contributed by atoms with Gasteiger partial charge in [-0.05, 0) is 25.7 Å². The fourth-order valence-corrected chi connectivity index (χ4v) is 2.29. The van der Waals surface area contributed by atoms with Crippen molar-refractivity contribution in [2.24, 2.45) is 0 Å². The minimum absolute atomic E-state index is 1.05. The van der Waals surface area contributed by atoms with Crippen LogP contribution in [0.1, 0.15) is 77.1 Å². The molecule has 0 N–H and O–H groups in total. The molecular formula is C15H29N3. The Labute approximate surface area is 112 Å². The van der Waals surface area contributed by atoms with E-state index in [2.05, 4.69) is 35.8 Å². The average molecular weight is 251 g/mol. The molecule has 1 heterocycles. The van der Waals surface area contributed by atoms with Crippen LogP contribution in [0.5, 0.6) is 0 Å². The lowest BCUT2D eigenvalue weighted by molar-refractivity contribution is 0.508. The molecule has 1 rings (SSSR count). The Kier molecular flexibility index (Phi) is 7.70. The molecule has 1 aromatic rings. The van der Waals surface area contributed by atoms with Crippen LogP contribution in [0.15, 0.2) is 0 Å². The van der Waals surface area contributed by atoms with E-state index in [0.29, 0.717) is 0 Å². The number of rotatable bonds is 10. The number of aryl methyl sites for hydroxylation is 2. The van der Waals surface area contributed by atoms with Gasteiger partial charge >= 0.3 is 0 Å². The van der Waals surface area contributed by atoms with E-state index < -0.39 is 0 Å². The lowest BCUT2D eigenvalue weighted by atomic mass is 10.1. The van der Waals surface area contributed by atoms with E-state index in [4.69, 9.17) is 0 Å². The van der Waals surface area contributed by atoms with E-state index in [9.17, 15) is 0 Å². The second-order valence-corrected chi connectivity index (χ2v) is 5.12. The van der Waals surface area contributed by atoms with Gasteiger partial charge in [0, 0.05) is 6.54 Å². The second kappa shape index (κ2) is 9.12. The first kappa shape index (κ1) is 15.2. The van der Waals surface area contributed by atoms with Crippen molar-refractivity contribution in [3.05, 3.63) is 11.4 Å². The molecule has 104 valence electrons. The molecule has 0 aliphatic rings. The Balaban J connectivity index is 2.58. The summed E-state index contributed by atoms with van der Waals surface area (Å²) in [7, 11) is 0. The first-order chi connectivity index (χ1) is 8.83. The van der Waals surface area contributed by atoms with E-state index in [1.807, 2.05) is 0 Å². The molecule has 0 aromatic carbocycles. The summed E-state index contributed by atoms with van der Waals surface area (Å²) < 4.78 is 2.16. The first-order valence-corrected chi connectivity index (χ1v) is 7.74. The molecule has 18 heavy (non-hydrogen) atoms. The maximum absolute atomic E-state index is 4.37. The molecule has 0 bridgehead atoms. The Bertz CT molecular complexity index is 318. The minimum atomic E-state index is 1.05. The van der Waals surface area contributed by atoms with Gasteiger partial charge in [-0.3, -0.25) is 0 Å². The third-order valence-electron chi connectivity index (χ3n) is 3.40. The highest BCUT2D eigenvalue weighted by molar-refractivity contribution is 5.10. The van der Waals surface area contributed by atoms with Crippen molar-refractivity contribution in [2.75, 3.05) is 0 Å². The summed E-state index contributed by atoms with van der Waals surface area (Å²) >= 11 is 0. The first-order valence-electron chi connectivity index (χ1n) is 7.74. The Hall–Kier alpha value is -0.860. The van der Waals surface area contributed by atoms with Gasteiger partial charge in [-0.25, -0.2) is 4.68 Å². The third kappa shape index (κ3) is 4.79. The van der Waals surface area contributed by atoms with Crippen molar-refractivity contribution >= 4 is 0 Å². The lowest BCUT2D eigenvalue weighted by Gasteiger charge is -2.07. The van der Waals surface area contributed by atoms with Crippen LogP contribution in [0.3, 0.4) is 0 Å². The van der Waals surface area contributed by atoms with Crippen LogP contribution >= 0.6 is 0 Å². The summed E-state index contributed by atoms with van der Waals surface area (Å²) in [4.78, 5) is 0. The van der Waals surface area contributed by atoms with Crippen molar-refractivity contribution < 1.29 is 0 Å². The van der Waals surface area contributed by atoms with Gasteiger partial charge in [0.05, 0.1) is 11.4 Å². The largest absolute Gasteiger partial charge is 0.249 e. The fourth-order valence-electron chi connectivity index (χ4n) is 2.29. The molecule has 0 fully saturated rings. The van der Waals surface area contributed by atoms with Crippen LogP contribution in [-0.2, 0) is 19.4 Å². The van der Waals surface area contributed by atoms with Crippen molar-refractivity contribution in [3.8, 4) is 0 Å². The van der Waals surface area contributed by atoms with Gasteiger partial charge < -0.3 is 0 Å². The predicted octanol–water partition coefficient (Wildman–Crippen LogP) is 4.15. The predicted molar refractivity (Wildman–Crippen MR) is 76.8 cm³/mol. The summed E-state index contributed by atoms with van der Waals surface area (Å²) in [6, 6.07) is 0. The summed E-state index contributed by atoms with van der Waals surface area (Å²) in [6.45, 7) is 7.76. The molecular weight excluding hydrogens is 222 g/mol. The molecule has 3 heteroatoms. The topological polar surface area (TPSA) is 30.7 Å². The molecule has 0 radical (unpaired) electrons. The number of unbranched alkanes of at least 4 members (excludes halogenated alkanes) is 4. The van der Waals surface area contributed by atoms with Crippen LogP contribution in [0.4, 0.5) is 0 Å².